The molecule has 1 aliphatic rings. The molecule has 0 atom stereocenters. The van der Waals surface area contributed by atoms with Crippen LogP contribution in [0.5, 0.6) is 0 Å². The van der Waals surface area contributed by atoms with E-state index in [0.29, 0.717) is 0 Å². The summed E-state index contributed by atoms with van der Waals surface area (Å²) >= 11 is 3.51. The number of carbonyl (C=O) groups is 1. The number of benzene rings is 2. The first-order chi connectivity index (χ1) is 7.33. The van der Waals surface area contributed by atoms with Crippen LogP contribution in [0.2, 0.25) is 0 Å². The lowest BCUT2D eigenvalue weighted by Crippen LogP contribution is -1.96. The summed E-state index contributed by atoms with van der Waals surface area (Å²) in [6, 6.07) is 11.9. The van der Waals surface area contributed by atoms with Crippen molar-refractivity contribution in [3.05, 3.63) is 67.3 Å². The van der Waals surface area contributed by atoms with E-state index in [0.717, 1.165) is 26.8 Å². The van der Waals surface area contributed by atoms with Crippen LogP contribution >= 0.6 is 15.9 Å². The molecule has 0 aliphatic heterocycles. The van der Waals surface area contributed by atoms with Crippen LogP contribution < -0.4 is 0 Å². The molecule has 2 aromatic carbocycles. The minimum atomic E-state index is 0.770. The lowest BCUT2D eigenvalue weighted by atomic mass is 9.98. The van der Waals surface area contributed by atoms with Crippen LogP contribution in [0.25, 0.3) is 0 Å². The molecule has 0 aromatic heterocycles. The summed E-state index contributed by atoms with van der Waals surface area (Å²) in [6.07, 6.45) is 0.918. The van der Waals surface area contributed by atoms with Gasteiger partial charge in [-0.05, 0) is 16.5 Å². The van der Waals surface area contributed by atoms with E-state index in [-0.39, 0.29) is 0 Å². The topological polar surface area (TPSA) is 17.1 Å². The largest absolute Gasteiger partial charge is 0.298 e. The average Bonchev–Trinajstić information content (AvgIpc) is 2.24. The first-order valence-corrected chi connectivity index (χ1v) is 5.49. The smallest absolute Gasteiger partial charge is 0.150 e. The van der Waals surface area contributed by atoms with Gasteiger partial charge in [0.25, 0.3) is 0 Å². The van der Waals surface area contributed by atoms with Gasteiger partial charge in [0.1, 0.15) is 0 Å². The van der Waals surface area contributed by atoms with Gasteiger partial charge < -0.3 is 0 Å². The standard InChI is InChI=1S/C13H7BrO/c14-11-6-2-5-10-9-4-1-3-8(7-15)12(9)13(10)11/h1-7H. The molecule has 2 aromatic rings. The van der Waals surface area contributed by atoms with Crippen molar-refractivity contribution < 1.29 is 4.79 Å². The molecule has 2 heteroatoms. The molecule has 0 amide bonds. The summed E-state index contributed by atoms with van der Waals surface area (Å²) in [5.41, 5.74) is 0.770. The van der Waals surface area contributed by atoms with Crippen LogP contribution in [0.1, 0.15) is 10.4 Å². The maximum atomic E-state index is 10.9. The summed E-state index contributed by atoms with van der Waals surface area (Å²) in [6.45, 7) is 0. The second-order valence-electron chi connectivity index (χ2n) is 3.55. The Morgan fingerprint density at radius 2 is 1.60 bits per heavy atom. The Morgan fingerprint density at radius 1 is 0.933 bits per heavy atom. The Bertz CT molecular complexity index is 747. The van der Waals surface area contributed by atoms with Gasteiger partial charge in [-0.25, -0.2) is 0 Å². The number of rotatable bonds is 1. The molecule has 15 heavy (non-hydrogen) atoms. The van der Waals surface area contributed by atoms with E-state index in [1.54, 1.807) is 0 Å². The third-order valence-electron chi connectivity index (χ3n) is 2.78. The molecule has 0 saturated carbocycles. The van der Waals surface area contributed by atoms with Crippen LogP contribution in [0.15, 0.2) is 40.9 Å². The molecule has 0 spiro atoms. The number of carbonyl (C=O) groups excluding carboxylic acids is 1. The van der Waals surface area contributed by atoms with Gasteiger partial charge >= 0.3 is 0 Å². The first kappa shape index (κ1) is 8.86. The van der Waals surface area contributed by atoms with Gasteiger partial charge in [0, 0.05) is 20.5 Å². The molecule has 0 N–H and O–H groups in total. The van der Waals surface area contributed by atoms with Crippen molar-refractivity contribution in [3.8, 4) is 0 Å². The molecule has 0 unspecified atom stereocenters. The van der Waals surface area contributed by atoms with E-state index in [1.807, 2.05) is 24.3 Å². The minimum absolute atomic E-state index is 0.770. The lowest BCUT2D eigenvalue weighted by molar-refractivity contribution is 0.112. The molecular weight excluding hydrogens is 252 g/mol. The van der Waals surface area contributed by atoms with Crippen LogP contribution in [0, 0.1) is 20.9 Å². The normalized spacial score (nSPS) is 11.3. The van der Waals surface area contributed by atoms with Crippen LogP contribution in [0.4, 0.5) is 0 Å². The van der Waals surface area contributed by atoms with Crippen molar-refractivity contribution in [2.45, 2.75) is 0 Å². The summed E-state index contributed by atoms with van der Waals surface area (Å²) < 4.78 is 1.06. The molecular formula is C13H7BrO. The highest BCUT2D eigenvalue weighted by molar-refractivity contribution is 9.10. The molecule has 1 aliphatic carbocycles. The zero-order valence-corrected chi connectivity index (χ0v) is 9.41. The summed E-state index contributed by atoms with van der Waals surface area (Å²) in [7, 11) is 0. The van der Waals surface area contributed by atoms with Gasteiger partial charge in [-0.3, -0.25) is 4.79 Å². The van der Waals surface area contributed by atoms with E-state index in [4.69, 9.17) is 0 Å². The fraction of sp³-hybridized carbons (Fsp3) is 0. The van der Waals surface area contributed by atoms with E-state index < -0.39 is 0 Å². The zero-order chi connectivity index (χ0) is 10.4. The monoisotopic (exact) mass is 258 g/mol. The fourth-order valence-electron chi connectivity index (χ4n) is 2.11. The SMILES string of the molecule is O=Cc1cccc2c1=c1c(Br)cccc1=2. The van der Waals surface area contributed by atoms with E-state index in [2.05, 4.69) is 28.1 Å². The summed E-state index contributed by atoms with van der Waals surface area (Å²) in [4.78, 5) is 10.9. The van der Waals surface area contributed by atoms with E-state index in [1.165, 1.54) is 10.4 Å². The first-order valence-electron chi connectivity index (χ1n) is 4.70. The van der Waals surface area contributed by atoms with Gasteiger partial charge in [-0.1, -0.05) is 46.3 Å². The van der Waals surface area contributed by atoms with Crippen LogP contribution in [-0.2, 0) is 0 Å². The Hall–Kier alpha value is -1.41. The Kier molecular flexibility index (Phi) is 1.80. The molecule has 3 rings (SSSR count). The fourth-order valence-corrected chi connectivity index (χ4v) is 2.68. The molecule has 0 saturated heterocycles. The number of hydrogen-bond donors (Lipinski definition) is 0. The number of fused-ring (bicyclic) bond motifs is 2. The van der Waals surface area contributed by atoms with Gasteiger partial charge in [0.2, 0.25) is 0 Å². The van der Waals surface area contributed by atoms with Crippen molar-refractivity contribution in [1.82, 2.24) is 0 Å². The minimum Gasteiger partial charge on any atom is -0.298 e. The molecule has 0 bridgehead atoms. The predicted molar refractivity (Wildman–Crippen MR) is 61.3 cm³/mol. The highest BCUT2D eigenvalue weighted by atomic mass is 79.9. The Labute approximate surface area is 94.5 Å². The lowest BCUT2D eigenvalue weighted by Gasteiger charge is -2.07. The number of halogens is 1. The van der Waals surface area contributed by atoms with Crippen molar-refractivity contribution in [1.29, 1.82) is 0 Å². The van der Waals surface area contributed by atoms with Crippen molar-refractivity contribution >= 4 is 22.2 Å². The molecule has 1 nitrogen and oxygen atoms in total. The second-order valence-corrected chi connectivity index (χ2v) is 4.40. The van der Waals surface area contributed by atoms with Gasteiger partial charge in [-0.15, -0.1) is 0 Å². The molecule has 0 heterocycles. The van der Waals surface area contributed by atoms with Gasteiger partial charge in [0.05, 0.1) is 0 Å². The summed E-state index contributed by atoms with van der Waals surface area (Å²) in [5, 5.41) is 4.64. The summed E-state index contributed by atoms with van der Waals surface area (Å²) in [5.74, 6) is 0. The van der Waals surface area contributed by atoms with E-state index >= 15 is 0 Å². The second kappa shape index (κ2) is 3.04. The van der Waals surface area contributed by atoms with Crippen molar-refractivity contribution in [3.63, 3.8) is 0 Å². The number of hydrogen-bond acceptors (Lipinski definition) is 1. The van der Waals surface area contributed by atoms with Gasteiger partial charge in [-0.2, -0.15) is 0 Å². The average molecular weight is 259 g/mol. The number of aldehydes is 1. The molecule has 0 fully saturated rings. The quantitative estimate of drug-likeness (QED) is 0.613. The van der Waals surface area contributed by atoms with Crippen LogP contribution in [-0.4, -0.2) is 6.29 Å². The molecule has 0 radical (unpaired) electrons. The van der Waals surface area contributed by atoms with Gasteiger partial charge in [0.15, 0.2) is 6.29 Å². The van der Waals surface area contributed by atoms with Crippen LogP contribution in [0.3, 0.4) is 0 Å². The predicted octanol–water partition coefficient (Wildman–Crippen LogP) is 3.15. The molecule has 72 valence electrons. The van der Waals surface area contributed by atoms with E-state index in [9.17, 15) is 4.79 Å². The maximum absolute atomic E-state index is 10.9. The Balaban J connectivity index is 2.69. The zero-order valence-electron chi connectivity index (χ0n) is 7.83. The third-order valence-corrected chi connectivity index (χ3v) is 3.44. The van der Waals surface area contributed by atoms with Crippen molar-refractivity contribution in [2.24, 2.45) is 0 Å². The highest BCUT2D eigenvalue weighted by Crippen LogP contribution is 2.22. The third kappa shape index (κ3) is 1.05. The van der Waals surface area contributed by atoms with Crippen molar-refractivity contribution in [2.75, 3.05) is 0 Å². The Morgan fingerprint density at radius 3 is 2.33 bits per heavy atom. The maximum Gasteiger partial charge on any atom is 0.150 e. The highest BCUT2D eigenvalue weighted by Gasteiger charge is 2.07.